The van der Waals surface area contributed by atoms with Gasteiger partial charge in [-0.25, -0.2) is 12.7 Å². The van der Waals surface area contributed by atoms with E-state index >= 15 is 0 Å². The van der Waals surface area contributed by atoms with Crippen molar-refractivity contribution in [3.8, 4) is 11.4 Å². The van der Waals surface area contributed by atoms with E-state index in [2.05, 4.69) is 15.1 Å². The van der Waals surface area contributed by atoms with Crippen molar-refractivity contribution >= 4 is 10.0 Å². The fourth-order valence-electron chi connectivity index (χ4n) is 2.86. The summed E-state index contributed by atoms with van der Waals surface area (Å²) in [5, 5.41) is 4.02. The van der Waals surface area contributed by atoms with Crippen LogP contribution in [-0.2, 0) is 10.0 Å². The van der Waals surface area contributed by atoms with Crippen LogP contribution in [-0.4, -0.2) is 46.7 Å². The van der Waals surface area contributed by atoms with Gasteiger partial charge in [0.1, 0.15) is 0 Å². The number of sulfonamides is 1. The molecule has 1 aliphatic rings. The SMILES string of the molecule is CCCCS(=O)(=O)N1CCC(c2nc(-c3ccncc3)no2)CC1. The molecule has 0 saturated carbocycles. The third-order valence-corrected chi connectivity index (χ3v) is 6.29. The summed E-state index contributed by atoms with van der Waals surface area (Å²) in [4.78, 5) is 8.44. The summed E-state index contributed by atoms with van der Waals surface area (Å²) in [6.07, 6.45) is 6.39. The lowest BCUT2D eigenvalue weighted by atomic mass is 9.98. The number of hydrogen-bond acceptors (Lipinski definition) is 6. The van der Waals surface area contributed by atoms with Crippen molar-refractivity contribution in [1.29, 1.82) is 0 Å². The molecule has 0 aliphatic carbocycles. The van der Waals surface area contributed by atoms with Gasteiger partial charge in [-0.15, -0.1) is 0 Å². The molecule has 7 nitrogen and oxygen atoms in total. The van der Waals surface area contributed by atoms with Gasteiger partial charge in [-0.05, 0) is 31.4 Å². The lowest BCUT2D eigenvalue weighted by molar-refractivity contribution is 0.270. The van der Waals surface area contributed by atoms with E-state index in [1.807, 2.05) is 19.1 Å². The highest BCUT2D eigenvalue weighted by atomic mass is 32.2. The Morgan fingerprint density at radius 3 is 2.62 bits per heavy atom. The molecule has 0 unspecified atom stereocenters. The molecule has 0 bridgehead atoms. The molecule has 2 aromatic rings. The van der Waals surface area contributed by atoms with Crippen LogP contribution in [0, 0.1) is 0 Å². The number of nitrogens with zero attached hydrogens (tertiary/aromatic N) is 4. The van der Waals surface area contributed by atoms with Gasteiger partial charge in [0, 0.05) is 37.0 Å². The highest BCUT2D eigenvalue weighted by Crippen LogP contribution is 2.29. The molecule has 1 aliphatic heterocycles. The van der Waals surface area contributed by atoms with Crippen molar-refractivity contribution in [2.45, 2.75) is 38.5 Å². The van der Waals surface area contributed by atoms with Crippen LogP contribution >= 0.6 is 0 Å². The van der Waals surface area contributed by atoms with Crippen LogP contribution < -0.4 is 0 Å². The number of pyridine rings is 1. The molecule has 0 amide bonds. The van der Waals surface area contributed by atoms with E-state index in [9.17, 15) is 8.42 Å². The zero-order chi connectivity index (χ0) is 17.0. The topological polar surface area (TPSA) is 89.2 Å². The summed E-state index contributed by atoms with van der Waals surface area (Å²) in [5.74, 6) is 1.49. The Balaban J connectivity index is 1.62. The van der Waals surface area contributed by atoms with Gasteiger partial charge in [0.2, 0.25) is 21.7 Å². The van der Waals surface area contributed by atoms with E-state index in [1.54, 1.807) is 16.7 Å². The average molecular weight is 350 g/mol. The number of rotatable bonds is 6. The fourth-order valence-corrected chi connectivity index (χ4v) is 4.53. The standard InChI is InChI=1S/C16H22N4O3S/c1-2-3-12-24(21,22)20-10-6-14(7-11-20)16-18-15(19-23-16)13-4-8-17-9-5-13/h4-5,8-9,14H,2-3,6-7,10-12H2,1H3. The number of unbranched alkanes of at least 4 members (excludes halogenated alkanes) is 1. The predicted molar refractivity (Wildman–Crippen MR) is 89.8 cm³/mol. The minimum absolute atomic E-state index is 0.116. The maximum atomic E-state index is 12.2. The molecule has 130 valence electrons. The van der Waals surface area contributed by atoms with E-state index in [0.29, 0.717) is 44.1 Å². The van der Waals surface area contributed by atoms with Crippen molar-refractivity contribution in [3.05, 3.63) is 30.4 Å². The van der Waals surface area contributed by atoms with E-state index in [-0.39, 0.29) is 11.7 Å². The Morgan fingerprint density at radius 1 is 1.25 bits per heavy atom. The molecule has 0 N–H and O–H groups in total. The van der Waals surface area contributed by atoms with Crippen molar-refractivity contribution in [2.75, 3.05) is 18.8 Å². The Labute approximate surface area is 142 Å². The molecule has 0 atom stereocenters. The van der Waals surface area contributed by atoms with Gasteiger partial charge in [-0.2, -0.15) is 4.98 Å². The zero-order valence-electron chi connectivity index (χ0n) is 13.8. The van der Waals surface area contributed by atoms with Gasteiger partial charge in [0.15, 0.2) is 0 Å². The molecule has 2 aromatic heterocycles. The van der Waals surface area contributed by atoms with Crippen LogP contribution in [0.5, 0.6) is 0 Å². The van der Waals surface area contributed by atoms with Gasteiger partial charge in [-0.1, -0.05) is 18.5 Å². The first-order chi connectivity index (χ1) is 11.6. The zero-order valence-corrected chi connectivity index (χ0v) is 14.6. The largest absolute Gasteiger partial charge is 0.339 e. The minimum atomic E-state index is -3.13. The second kappa shape index (κ2) is 7.40. The van der Waals surface area contributed by atoms with Crippen molar-refractivity contribution in [1.82, 2.24) is 19.4 Å². The third kappa shape index (κ3) is 3.81. The summed E-state index contributed by atoms with van der Waals surface area (Å²) in [5.41, 5.74) is 0.861. The Bertz CT molecular complexity index is 753. The minimum Gasteiger partial charge on any atom is -0.339 e. The summed E-state index contributed by atoms with van der Waals surface area (Å²) >= 11 is 0. The van der Waals surface area contributed by atoms with Gasteiger partial charge in [0.05, 0.1) is 5.75 Å². The van der Waals surface area contributed by atoms with Crippen LogP contribution in [0.1, 0.15) is 44.4 Å². The summed E-state index contributed by atoms with van der Waals surface area (Å²) in [6.45, 7) is 3.03. The van der Waals surface area contributed by atoms with Gasteiger partial charge < -0.3 is 4.52 Å². The second-order valence-electron chi connectivity index (χ2n) is 6.03. The first-order valence-corrected chi connectivity index (χ1v) is 9.93. The molecule has 0 radical (unpaired) electrons. The van der Waals surface area contributed by atoms with Crippen LogP contribution in [0.2, 0.25) is 0 Å². The van der Waals surface area contributed by atoms with E-state index < -0.39 is 10.0 Å². The summed E-state index contributed by atoms with van der Waals surface area (Å²) < 4.78 is 31.5. The number of hydrogen-bond donors (Lipinski definition) is 0. The lowest BCUT2D eigenvalue weighted by Crippen LogP contribution is -2.39. The van der Waals surface area contributed by atoms with Crippen molar-refractivity contribution < 1.29 is 12.9 Å². The summed E-state index contributed by atoms with van der Waals surface area (Å²) in [6, 6.07) is 3.66. The quantitative estimate of drug-likeness (QED) is 0.795. The monoisotopic (exact) mass is 350 g/mol. The van der Waals surface area contributed by atoms with Crippen molar-refractivity contribution in [2.24, 2.45) is 0 Å². The van der Waals surface area contributed by atoms with E-state index in [4.69, 9.17) is 4.52 Å². The maximum absolute atomic E-state index is 12.2. The van der Waals surface area contributed by atoms with E-state index in [0.717, 1.165) is 12.0 Å². The van der Waals surface area contributed by atoms with Crippen LogP contribution in [0.15, 0.2) is 29.0 Å². The summed E-state index contributed by atoms with van der Waals surface area (Å²) in [7, 11) is -3.13. The highest BCUT2D eigenvalue weighted by Gasteiger charge is 2.30. The first-order valence-electron chi connectivity index (χ1n) is 8.32. The molecule has 0 aromatic carbocycles. The molecule has 1 fully saturated rings. The second-order valence-corrected chi connectivity index (χ2v) is 8.12. The van der Waals surface area contributed by atoms with Crippen LogP contribution in [0.3, 0.4) is 0 Å². The molecule has 24 heavy (non-hydrogen) atoms. The Morgan fingerprint density at radius 2 is 1.96 bits per heavy atom. The molecule has 0 spiro atoms. The van der Waals surface area contributed by atoms with Gasteiger partial charge >= 0.3 is 0 Å². The van der Waals surface area contributed by atoms with Crippen molar-refractivity contribution in [3.63, 3.8) is 0 Å². The third-order valence-electron chi connectivity index (χ3n) is 4.33. The Hall–Kier alpha value is -1.80. The molecular formula is C16H22N4O3S. The molecule has 3 heterocycles. The molecule has 3 rings (SSSR count). The normalized spacial score (nSPS) is 17.2. The number of piperidine rings is 1. The number of aromatic nitrogens is 3. The van der Waals surface area contributed by atoms with Gasteiger partial charge in [0.25, 0.3) is 0 Å². The fraction of sp³-hybridized carbons (Fsp3) is 0.562. The maximum Gasteiger partial charge on any atom is 0.230 e. The average Bonchev–Trinajstić information content (AvgIpc) is 3.11. The first kappa shape index (κ1) is 17.0. The highest BCUT2D eigenvalue weighted by molar-refractivity contribution is 7.89. The molecular weight excluding hydrogens is 328 g/mol. The predicted octanol–water partition coefficient (Wildman–Crippen LogP) is 2.44. The molecule has 8 heteroatoms. The Kier molecular flexibility index (Phi) is 5.25. The van der Waals surface area contributed by atoms with Gasteiger partial charge in [-0.3, -0.25) is 4.98 Å². The van der Waals surface area contributed by atoms with E-state index in [1.165, 1.54) is 0 Å². The van der Waals surface area contributed by atoms with Crippen LogP contribution in [0.4, 0.5) is 0 Å². The smallest absolute Gasteiger partial charge is 0.230 e. The molecule has 1 saturated heterocycles. The van der Waals surface area contributed by atoms with Crippen LogP contribution in [0.25, 0.3) is 11.4 Å². The lowest BCUT2D eigenvalue weighted by Gasteiger charge is -2.29.